The molecular formula is C22H23FN2O3. The van der Waals surface area contributed by atoms with E-state index in [4.69, 9.17) is 0 Å². The first-order valence-corrected chi connectivity index (χ1v) is 9.12. The van der Waals surface area contributed by atoms with E-state index < -0.39 is 12.0 Å². The lowest BCUT2D eigenvalue weighted by molar-refractivity contribution is -0.137. The lowest BCUT2D eigenvalue weighted by Gasteiger charge is -2.22. The number of aromatic nitrogens is 1. The largest absolute Gasteiger partial charge is 0.506 e. The molecule has 2 aromatic carbocycles. The molecular weight excluding hydrogens is 359 g/mol. The Morgan fingerprint density at radius 3 is 2.50 bits per heavy atom. The molecule has 0 fully saturated rings. The molecule has 0 saturated heterocycles. The van der Waals surface area contributed by atoms with Crippen molar-refractivity contribution in [2.75, 3.05) is 5.32 Å². The first kappa shape index (κ1) is 19.6. The van der Waals surface area contributed by atoms with Gasteiger partial charge in [0.15, 0.2) is 0 Å². The number of para-hydroxylation sites is 1. The van der Waals surface area contributed by atoms with Gasteiger partial charge in [-0.25, -0.2) is 9.37 Å². The molecule has 0 spiro atoms. The minimum absolute atomic E-state index is 0.00100. The molecule has 1 aromatic heterocycles. The predicted octanol–water partition coefficient (Wildman–Crippen LogP) is 5.06. The summed E-state index contributed by atoms with van der Waals surface area (Å²) >= 11 is 0. The Morgan fingerprint density at radius 2 is 1.89 bits per heavy atom. The van der Waals surface area contributed by atoms with Gasteiger partial charge in [0.05, 0.1) is 0 Å². The van der Waals surface area contributed by atoms with E-state index in [-0.39, 0.29) is 17.5 Å². The number of benzene rings is 2. The maximum atomic E-state index is 13.9. The van der Waals surface area contributed by atoms with Crippen LogP contribution >= 0.6 is 0 Å². The van der Waals surface area contributed by atoms with Gasteiger partial charge in [-0.15, -0.1) is 0 Å². The molecule has 0 saturated carbocycles. The lowest BCUT2D eigenvalue weighted by Crippen LogP contribution is -2.27. The summed E-state index contributed by atoms with van der Waals surface area (Å²) in [6.07, 6.45) is 0. The summed E-state index contributed by atoms with van der Waals surface area (Å²) in [6, 6.07) is 9.12. The van der Waals surface area contributed by atoms with Crippen LogP contribution in [0.2, 0.25) is 0 Å². The summed E-state index contributed by atoms with van der Waals surface area (Å²) in [5.41, 5.74) is 3.28. The highest BCUT2D eigenvalue weighted by Gasteiger charge is 2.23. The van der Waals surface area contributed by atoms with E-state index in [0.717, 1.165) is 22.1 Å². The predicted molar refractivity (Wildman–Crippen MR) is 108 cm³/mol. The fourth-order valence-corrected chi connectivity index (χ4v) is 3.34. The molecule has 0 bridgehead atoms. The Morgan fingerprint density at radius 1 is 1.18 bits per heavy atom. The number of pyridine rings is 1. The van der Waals surface area contributed by atoms with E-state index in [2.05, 4.69) is 10.3 Å². The average molecular weight is 382 g/mol. The highest BCUT2D eigenvalue weighted by Crippen LogP contribution is 2.41. The maximum Gasteiger partial charge on any atom is 0.325 e. The molecule has 5 nitrogen and oxygen atoms in total. The van der Waals surface area contributed by atoms with Crippen LogP contribution in [-0.2, 0) is 4.79 Å². The number of fused-ring (bicyclic) bond motifs is 1. The van der Waals surface area contributed by atoms with Crippen LogP contribution in [0.5, 0.6) is 5.75 Å². The van der Waals surface area contributed by atoms with Crippen molar-refractivity contribution >= 4 is 22.7 Å². The van der Waals surface area contributed by atoms with E-state index in [1.165, 1.54) is 19.1 Å². The number of aryl methyl sites for hydroxylation is 1. The van der Waals surface area contributed by atoms with E-state index >= 15 is 0 Å². The molecule has 6 heteroatoms. The highest BCUT2D eigenvalue weighted by molar-refractivity contribution is 6.01. The zero-order chi connectivity index (χ0) is 20.6. The minimum atomic E-state index is -1.01. The Hall–Kier alpha value is -3.15. The van der Waals surface area contributed by atoms with Crippen LogP contribution in [0.4, 0.5) is 10.2 Å². The number of carboxylic acids is 1. The summed E-state index contributed by atoms with van der Waals surface area (Å²) in [4.78, 5) is 15.9. The van der Waals surface area contributed by atoms with Crippen molar-refractivity contribution in [3.05, 3.63) is 53.3 Å². The molecule has 0 aliphatic rings. The Labute approximate surface area is 162 Å². The second-order valence-corrected chi connectivity index (χ2v) is 7.25. The van der Waals surface area contributed by atoms with Crippen molar-refractivity contribution < 1.29 is 19.4 Å². The van der Waals surface area contributed by atoms with Gasteiger partial charge in [-0.3, -0.25) is 4.79 Å². The smallest absolute Gasteiger partial charge is 0.325 e. The van der Waals surface area contributed by atoms with Crippen LogP contribution in [0.15, 0.2) is 36.4 Å². The van der Waals surface area contributed by atoms with E-state index in [9.17, 15) is 19.4 Å². The van der Waals surface area contributed by atoms with Crippen LogP contribution < -0.4 is 5.32 Å². The van der Waals surface area contributed by atoms with Crippen molar-refractivity contribution in [2.24, 2.45) is 0 Å². The van der Waals surface area contributed by atoms with E-state index in [1.54, 1.807) is 25.1 Å². The van der Waals surface area contributed by atoms with Crippen molar-refractivity contribution in [3.8, 4) is 16.9 Å². The minimum Gasteiger partial charge on any atom is -0.506 e. The number of carbonyl (C=O) groups is 1. The first-order valence-electron chi connectivity index (χ1n) is 9.12. The summed E-state index contributed by atoms with van der Waals surface area (Å²) in [7, 11) is 0. The first-order chi connectivity index (χ1) is 13.2. The zero-order valence-electron chi connectivity index (χ0n) is 16.2. The SMILES string of the molecule is Cc1cc(-c2c(C(C)C)c(N[C@H](C)C(=O)O)nc3c(O)cccc23)ccc1F. The fourth-order valence-electron chi connectivity index (χ4n) is 3.34. The number of anilines is 1. The molecule has 0 unspecified atom stereocenters. The van der Waals surface area contributed by atoms with Gasteiger partial charge >= 0.3 is 5.97 Å². The molecule has 0 aliphatic carbocycles. The van der Waals surface area contributed by atoms with Crippen molar-refractivity contribution in [1.29, 1.82) is 0 Å². The number of aliphatic carboxylic acids is 1. The quantitative estimate of drug-likeness (QED) is 0.574. The standard InChI is InChI=1S/C22H23FN2O3/c1-11(2)18-19(14-8-9-16(23)12(3)10-14)15-6-5-7-17(26)20(15)25-21(18)24-13(4)22(27)28/h5-11,13,26H,1-4H3,(H,24,25)(H,27,28)/t13-/m1/s1. The number of nitrogens with zero attached hydrogens (tertiary/aromatic N) is 1. The number of aromatic hydroxyl groups is 1. The molecule has 28 heavy (non-hydrogen) atoms. The third-order valence-corrected chi connectivity index (χ3v) is 4.78. The monoisotopic (exact) mass is 382 g/mol. The van der Waals surface area contributed by atoms with Gasteiger partial charge in [0, 0.05) is 10.9 Å². The van der Waals surface area contributed by atoms with Crippen LogP contribution in [0.25, 0.3) is 22.0 Å². The third-order valence-electron chi connectivity index (χ3n) is 4.78. The summed E-state index contributed by atoms with van der Waals surface area (Å²) in [5.74, 6) is -0.903. The van der Waals surface area contributed by atoms with E-state index in [0.29, 0.717) is 16.9 Å². The molecule has 0 amide bonds. The van der Waals surface area contributed by atoms with Gasteiger partial charge < -0.3 is 15.5 Å². The van der Waals surface area contributed by atoms with Crippen molar-refractivity contribution in [3.63, 3.8) is 0 Å². The van der Waals surface area contributed by atoms with Crippen LogP contribution in [0.3, 0.4) is 0 Å². The third kappa shape index (κ3) is 3.50. The normalized spacial score (nSPS) is 12.4. The molecule has 3 N–H and O–H groups in total. The second-order valence-electron chi connectivity index (χ2n) is 7.25. The Kier molecular flexibility index (Phi) is 5.23. The van der Waals surface area contributed by atoms with Gasteiger partial charge in [0.1, 0.15) is 28.9 Å². The molecule has 3 rings (SSSR count). The number of hydrogen-bond donors (Lipinski definition) is 3. The van der Waals surface area contributed by atoms with Gasteiger partial charge in [0.2, 0.25) is 0 Å². The Bertz CT molecular complexity index is 1060. The van der Waals surface area contributed by atoms with E-state index in [1.807, 2.05) is 19.9 Å². The number of halogens is 1. The number of carboxylic acid groups (broad SMARTS) is 1. The molecule has 0 aliphatic heterocycles. The summed E-state index contributed by atoms with van der Waals surface area (Å²) in [5, 5.41) is 23.4. The molecule has 1 heterocycles. The molecule has 3 aromatic rings. The van der Waals surface area contributed by atoms with Gasteiger partial charge in [0.25, 0.3) is 0 Å². The fraction of sp³-hybridized carbons (Fsp3) is 0.273. The zero-order valence-corrected chi connectivity index (χ0v) is 16.2. The van der Waals surface area contributed by atoms with Crippen molar-refractivity contribution in [1.82, 2.24) is 4.98 Å². The lowest BCUT2D eigenvalue weighted by atomic mass is 9.89. The number of nitrogens with one attached hydrogen (secondary N) is 1. The Balaban J connectivity index is 2.41. The number of phenolic OH excluding ortho intramolecular Hbond substituents is 1. The summed E-state index contributed by atoms with van der Waals surface area (Å²) in [6.45, 7) is 7.20. The maximum absolute atomic E-state index is 13.9. The second kappa shape index (κ2) is 7.46. The molecule has 146 valence electrons. The van der Waals surface area contributed by atoms with Crippen LogP contribution in [0.1, 0.15) is 37.8 Å². The molecule has 0 radical (unpaired) electrons. The molecule has 1 atom stereocenters. The summed E-state index contributed by atoms with van der Waals surface area (Å²) < 4.78 is 13.9. The number of rotatable bonds is 5. The van der Waals surface area contributed by atoms with Crippen LogP contribution in [0, 0.1) is 12.7 Å². The highest BCUT2D eigenvalue weighted by atomic mass is 19.1. The van der Waals surface area contributed by atoms with Gasteiger partial charge in [-0.05, 0) is 54.7 Å². The van der Waals surface area contributed by atoms with Crippen molar-refractivity contribution in [2.45, 2.75) is 39.7 Å². The van der Waals surface area contributed by atoms with Crippen LogP contribution in [-0.4, -0.2) is 27.2 Å². The van der Waals surface area contributed by atoms with Gasteiger partial charge in [-0.2, -0.15) is 0 Å². The van der Waals surface area contributed by atoms with Gasteiger partial charge in [-0.1, -0.05) is 32.0 Å². The topological polar surface area (TPSA) is 82.5 Å². The number of phenols is 1. The number of hydrogen-bond acceptors (Lipinski definition) is 4. The average Bonchev–Trinajstić information content (AvgIpc) is 2.63.